The van der Waals surface area contributed by atoms with Gasteiger partial charge in [0.15, 0.2) is 5.75 Å². The van der Waals surface area contributed by atoms with Crippen molar-refractivity contribution in [2.24, 2.45) is 5.73 Å². The van der Waals surface area contributed by atoms with Crippen LogP contribution in [0.25, 0.3) is 6.08 Å². The summed E-state index contributed by atoms with van der Waals surface area (Å²) in [6.45, 7) is 0. The van der Waals surface area contributed by atoms with Crippen molar-refractivity contribution in [2.75, 3.05) is 5.32 Å². The number of amidine groups is 1. The SMILES string of the molecule is N=C(N)c1ccc(NC(=O)/C=C/c2ccc([O])cc2)cc1. The van der Waals surface area contributed by atoms with E-state index in [9.17, 15) is 9.90 Å². The van der Waals surface area contributed by atoms with Gasteiger partial charge in [-0.15, -0.1) is 0 Å². The second kappa shape index (κ2) is 6.38. The largest absolute Gasteiger partial charge is 0.384 e. The van der Waals surface area contributed by atoms with Crippen LogP contribution in [0.3, 0.4) is 0 Å². The Kier molecular flexibility index (Phi) is 4.36. The first-order valence-electron chi connectivity index (χ1n) is 6.25. The van der Waals surface area contributed by atoms with Crippen LogP contribution in [0.4, 0.5) is 5.69 Å². The Morgan fingerprint density at radius 2 is 1.67 bits per heavy atom. The summed E-state index contributed by atoms with van der Waals surface area (Å²) in [6, 6.07) is 12.9. The molecule has 0 fully saturated rings. The van der Waals surface area contributed by atoms with Crippen LogP contribution in [-0.2, 0) is 9.90 Å². The van der Waals surface area contributed by atoms with Crippen molar-refractivity contribution >= 4 is 23.5 Å². The lowest BCUT2D eigenvalue weighted by Gasteiger charge is -2.03. The molecule has 0 aliphatic carbocycles. The molecule has 2 rings (SSSR count). The molecule has 0 aromatic heterocycles. The van der Waals surface area contributed by atoms with Crippen LogP contribution in [-0.4, -0.2) is 11.7 Å². The summed E-state index contributed by atoms with van der Waals surface area (Å²) in [5.74, 6) is -0.367. The van der Waals surface area contributed by atoms with Crippen LogP contribution in [0.15, 0.2) is 54.6 Å². The number of carbonyl (C=O) groups is 1. The summed E-state index contributed by atoms with van der Waals surface area (Å²) in [5, 5.41) is 20.9. The van der Waals surface area contributed by atoms with E-state index in [-0.39, 0.29) is 17.5 Å². The summed E-state index contributed by atoms with van der Waals surface area (Å²) < 4.78 is 0. The molecule has 0 saturated heterocycles. The number of benzene rings is 2. The number of nitrogens with one attached hydrogen (secondary N) is 2. The highest BCUT2D eigenvalue weighted by molar-refractivity contribution is 6.02. The number of carbonyl (C=O) groups excluding carboxylic acids is 1. The van der Waals surface area contributed by atoms with E-state index >= 15 is 0 Å². The van der Waals surface area contributed by atoms with E-state index in [2.05, 4.69) is 5.32 Å². The Labute approximate surface area is 122 Å². The van der Waals surface area contributed by atoms with Gasteiger partial charge in [-0.2, -0.15) is 0 Å². The number of nitrogens with two attached hydrogens (primary N) is 1. The molecule has 0 unspecified atom stereocenters. The third-order valence-corrected chi connectivity index (χ3v) is 2.77. The predicted molar refractivity (Wildman–Crippen MR) is 81.7 cm³/mol. The maximum Gasteiger partial charge on any atom is 0.248 e. The van der Waals surface area contributed by atoms with Crippen LogP contribution in [0.2, 0.25) is 0 Å². The Balaban J connectivity index is 1.98. The first kappa shape index (κ1) is 14.3. The Hall–Kier alpha value is -3.08. The fourth-order valence-corrected chi connectivity index (χ4v) is 1.67. The standard InChI is InChI=1S/C16H14N3O2/c17-16(18)12-4-6-13(7-5-12)19-15(21)10-3-11-1-8-14(20)9-2-11/h1-10H,(H3,17,18)(H,19,21)/b10-3+. The lowest BCUT2D eigenvalue weighted by molar-refractivity contribution is -0.111. The molecule has 4 N–H and O–H groups in total. The highest BCUT2D eigenvalue weighted by Gasteiger charge is 2.00. The molecule has 105 valence electrons. The molecule has 0 heterocycles. The molecule has 21 heavy (non-hydrogen) atoms. The number of hydrogen-bond donors (Lipinski definition) is 3. The van der Waals surface area contributed by atoms with Crippen LogP contribution >= 0.6 is 0 Å². The summed E-state index contributed by atoms with van der Waals surface area (Å²) in [6.07, 6.45) is 3.01. The van der Waals surface area contributed by atoms with E-state index in [0.29, 0.717) is 11.3 Å². The minimum atomic E-state index is -0.281. The van der Waals surface area contributed by atoms with Gasteiger partial charge in [0.1, 0.15) is 5.84 Å². The molecule has 0 bridgehead atoms. The Morgan fingerprint density at radius 1 is 1.05 bits per heavy atom. The maximum atomic E-state index is 11.7. The summed E-state index contributed by atoms with van der Waals surface area (Å²) in [5.41, 5.74) is 7.34. The van der Waals surface area contributed by atoms with E-state index in [0.717, 1.165) is 5.56 Å². The van der Waals surface area contributed by atoms with Gasteiger partial charge in [-0.1, -0.05) is 12.1 Å². The number of rotatable bonds is 4. The zero-order valence-corrected chi connectivity index (χ0v) is 11.2. The van der Waals surface area contributed by atoms with Gasteiger partial charge in [-0.25, -0.2) is 0 Å². The van der Waals surface area contributed by atoms with Crippen LogP contribution < -0.4 is 11.1 Å². The number of anilines is 1. The normalized spacial score (nSPS) is 10.5. The molecule has 2 aromatic rings. The predicted octanol–water partition coefficient (Wildman–Crippen LogP) is 2.77. The monoisotopic (exact) mass is 280 g/mol. The second-order valence-corrected chi connectivity index (χ2v) is 4.38. The van der Waals surface area contributed by atoms with Gasteiger partial charge in [0, 0.05) is 17.3 Å². The first-order valence-corrected chi connectivity index (χ1v) is 6.25. The molecule has 2 aromatic carbocycles. The number of nitrogen functional groups attached to an aromatic ring is 1. The van der Waals surface area contributed by atoms with Crippen molar-refractivity contribution < 1.29 is 9.90 Å². The van der Waals surface area contributed by atoms with Gasteiger partial charge in [0.05, 0.1) is 0 Å². The quantitative estimate of drug-likeness (QED) is 0.456. The highest BCUT2D eigenvalue weighted by Crippen LogP contribution is 2.12. The van der Waals surface area contributed by atoms with Crippen LogP contribution in [0, 0.1) is 5.41 Å². The molecule has 0 aliphatic heterocycles. The molecular formula is C16H14N3O2. The van der Waals surface area contributed by atoms with Crippen molar-refractivity contribution in [3.8, 4) is 5.75 Å². The molecular weight excluding hydrogens is 266 g/mol. The number of amides is 1. The Bertz CT molecular complexity index is 674. The zero-order chi connectivity index (χ0) is 15.2. The van der Waals surface area contributed by atoms with E-state index in [1.807, 2.05) is 0 Å². The Morgan fingerprint density at radius 3 is 2.24 bits per heavy atom. The van der Waals surface area contributed by atoms with Crippen LogP contribution in [0.5, 0.6) is 5.75 Å². The van der Waals surface area contributed by atoms with E-state index in [4.69, 9.17) is 11.1 Å². The topological polar surface area (TPSA) is 98.9 Å². The average Bonchev–Trinajstić information content (AvgIpc) is 2.47. The van der Waals surface area contributed by atoms with Gasteiger partial charge in [-0.3, -0.25) is 15.3 Å². The van der Waals surface area contributed by atoms with Gasteiger partial charge in [0.2, 0.25) is 5.91 Å². The van der Waals surface area contributed by atoms with Gasteiger partial charge in [-0.05, 0) is 48.0 Å². The van der Waals surface area contributed by atoms with Crippen molar-refractivity contribution in [1.29, 1.82) is 5.41 Å². The molecule has 0 atom stereocenters. The lowest BCUT2D eigenvalue weighted by Crippen LogP contribution is -2.11. The zero-order valence-electron chi connectivity index (χ0n) is 11.2. The molecule has 5 nitrogen and oxygen atoms in total. The van der Waals surface area contributed by atoms with E-state index < -0.39 is 0 Å². The van der Waals surface area contributed by atoms with Crippen molar-refractivity contribution in [2.45, 2.75) is 0 Å². The summed E-state index contributed by atoms with van der Waals surface area (Å²) >= 11 is 0. The fraction of sp³-hybridized carbons (Fsp3) is 0. The average molecular weight is 280 g/mol. The molecule has 5 heteroatoms. The van der Waals surface area contributed by atoms with Gasteiger partial charge < -0.3 is 11.1 Å². The molecule has 0 aliphatic rings. The smallest absolute Gasteiger partial charge is 0.248 e. The third kappa shape index (κ3) is 4.21. The molecule has 0 spiro atoms. The minimum absolute atomic E-state index is 0.0189. The maximum absolute atomic E-state index is 11.7. The van der Waals surface area contributed by atoms with Crippen molar-refractivity contribution in [3.05, 3.63) is 65.7 Å². The molecule has 1 amide bonds. The third-order valence-electron chi connectivity index (χ3n) is 2.77. The van der Waals surface area contributed by atoms with E-state index in [1.165, 1.54) is 18.2 Å². The first-order chi connectivity index (χ1) is 10.0. The molecule has 0 saturated carbocycles. The van der Waals surface area contributed by atoms with Gasteiger partial charge in [0.25, 0.3) is 0 Å². The lowest BCUT2D eigenvalue weighted by atomic mass is 10.2. The highest BCUT2D eigenvalue weighted by atomic mass is 16.3. The fourth-order valence-electron chi connectivity index (χ4n) is 1.67. The second-order valence-electron chi connectivity index (χ2n) is 4.38. The summed E-state index contributed by atoms with van der Waals surface area (Å²) in [4.78, 5) is 11.7. The number of hydrogen-bond acceptors (Lipinski definition) is 2. The minimum Gasteiger partial charge on any atom is -0.384 e. The van der Waals surface area contributed by atoms with Crippen molar-refractivity contribution in [1.82, 2.24) is 0 Å². The van der Waals surface area contributed by atoms with Crippen molar-refractivity contribution in [3.63, 3.8) is 0 Å². The molecule has 1 radical (unpaired) electrons. The van der Waals surface area contributed by atoms with Crippen LogP contribution in [0.1, 0.15) is 11.1 Å². The summed E-state index contributed by atoms with van der Waals surface area (Å²) in [7, 11) is 0. The van der Waals surface area contributed by atoms with Gasteiger partial charge >= 0.3 is 0 Å². The van der Waals surface area contributed by atoms with E-state index in [1.54, 1.807) is 42.5 Å².